The van der Waals surface area contributed by atoms with Gasteiger partial charge in [0.25, 0.3) is 5.91 Å². The van der Waals surface area contributed by atoms with Crippen LogP contribution in [0.3, 0.4) is 0 Å². The van der Waals surface area contributed by atoms with Crippen LogP contribution < -0.4 is 11.1 Å². The second kappa shape index (κ2) is 6.06. The molecule has 19 heavy (non-hydrogen) atoms. The zero-order chi connectivity index (χ0) is 14.6. The molecule has 0 fully saturated rings. The van der Waals surface area contributed by atoms with Crippen LogP contribution in [0.15, 0.2) is 27.8 Å². The molecular weight excluding hydrogens is 310 g/mol. The summed E-state index contributed by atoms with van der Waals surface area (Å²) in [4.78, 5) is 12.1. The number of amides is 1. The lowest BCUT2D eigenvalue weighted by Crippen LogP contribution is -2.42. The summed E-state index contributed by atoms with van der Waals surface area (Å²) in [6.45, 7) is 5.73. The maximum absolute atomic E-state index is 12.1. The fourth-order valence-corrected chi connectivity index (χ4v) is 1.84. The van der Waals surface area contributed by atoms with Gasteiger partial charge in [0.05, 0.1) is 0 Å². The molecule has 0 aliphatic carbocycles. The van der Waals surface area contributed by atoms with Crippen molar-refractivity contribution >= 4 is 27.7 Å². The molecular formula is C13H18BrN3O2. The van der Waals surface area contributed by atoms with Crippen molar-refractivity contribution < 1.29 is 10.0 Å². The van der Waals surface area contributed by atoms with Crippen molar-refractivity contribution in [1.29, 1.82) is 0 Å². The lowest BCUT2D eigenvalue weighted by Gasteiger charge is -2.23. The van der Waals surface area contributed by atoms with Gasteiger partial charge in [-0.15, -0.1) is 0 Å². The van der Waals surface area contributed by atoms with Gasteiger partial charge in [-0.05, 0) is 24.6 Å². The summed E-state index contributed by atoms with van der Waals surface area (Å²) in [6, 6.07) is 5.44. The third kappa shape index (κ3) is 3.70. The number of benzene rings is 1. The summed E-state index contributed by atoms with van der Waals surface area (Å²) < 4.78 is 0.885. The third-order valence-corrected chi connectivity index (χ3v) is 3.86. The van der Waals surface area contributed by atoms with E-state index in [0.29, 0.717) is 5.56 Å². The standard InChI is InChI=1S/C13H18BrN3O2/c1-8-9(5-4-6-10(8)14)11(18)16-7-13(2,3)12(15)17-19/h4-6,19H,7H2,1-3H3,(H2,15,17)(H,16,18). The fourth-order valence-electron chi connectivity index (χ4n) is 1.48. The molecule has 104 valence electrons. The molecule has 0 saturated carbocycles. The SMILES string of the molecule is Cc1c(Br)cccc1C(=O)NCC(C)(C)/C(N)=N/O. The maximum atomic E-state index is 12.1. The van der Waals surface area contributed by atoms with Crippen molar-refractivity contribution in [2.24, 2.45) is 16.3 Å². The maximum Gasteiger partial charge on any atom is 0.251 e. The lowest BCUT2D eigenvalue weighted by molar-refractivity contribution is 0.0943. The van der Waals surface area contributed by atoms with Gasteiger partial charge >= 0.3 is 0 Å². The normalized spacial score (nSPS) is 12.3. The molecule has 0 aliphatic rings. The van der Waals surface area contributed by atoms with Gasteiger partial charge < -0.3 is 16.3 Å². The first-order valence-corrected chi connectivity index (χ1v) is 6.60. The zero-order valence-electron chi connectivity index (χ0n) is 11.2. The molecule has 0 atom stereocenters. The number of nitrogens with two attached hydrogens (primary N) is 1. The van der Waals surface area contributed by atoms with E-state index in [9.17, 15) is 4.79 Å². The Morgan fingerprint density at radius 1 is 1.53 bits per heavy atom. The predicted octanol–water partition coefficient (Wildman–Crippen LogP) is 2.26. The Morgan fingerprint density at radius 2 is 2.16 bits per heavy atom. The molecule has 5 nitrogen and oxygen atoms in total. The third-order valence-electron chi connectivity index (χ3n) is 3.00. The highest BCUT2D eigenvalue weighted by molar-refractivity contribution is 9.10. The number of nitrogens with zero attached hydrogens (tertiary/aromatic N) is 1. The fraction of sp³-hybridized carbons (Fsp3) is 0.385. The molecule has 1 aromatic rings. The number of oxime groups is 1. The van der Waals surface area contributed by atoms with Crippen LogP contribution in [0.4, 0.5) is 0 Å². The number of hydrogen-bond donors (Lipinski definition) is 3. The molecule has 0 saturated heterocycles. The average Bonchev–Trinajstić information content (AvgIpc) is 2.38. The highest BCUT2D eigenvalue weighted by Crippen LogP contribution is 2.20. The Bertz CT molecular complexity index is 513. The molecule has 0 spiro atoms. The minimum Gasteiger partial charge on any atom is -0.409 e. The minimum atomic E-state index is -0.607. The first-order chi connectivity index (χ1) is 8.79. The van der Waals surface area contributed by atoms with E-state index in [1.807, 2.05) is 13.0 Å². The molecule has 0 aliphatic heterocycles. The van der Waals surface area contributed by atoms with E-state index in [2.05, 4.69) is 26.4 Å². The van der Waals surface area contributed by atoms with Crippen LogP contribution in [0.2, 0.25) is 0 Å². The van der Waals surface area contributed by atoms with E-state index < -0.39 is 5.41 Å². The summed E-state index contributed by atoms with van der Waals surface area (Å²) in [5.41, 5.74) is 6.44. The summed E-state index contributed by atoms with van der Waals surface area (Å²) in [7, 11) is 0. The molecule has 0 aromatic heterocycles. The Morgan fingerprint density at radius 3 is 2.74 bits per heavy atom. The van der Waals surface area contributed by atoms with E-state index in [1.165, 1.54) is 0 Å². The highest BCUT2D eigenvalue weighted by Gasteiger charge is 2.24. The van der Waals surface area contributed by atoms with E-state index >= 15 is 0 Å². The summed E-state index contributed by atoms with van der Waals surface area (Å²) in [5.74, 6) is -0.101. The predicted molar refractivity (Wildman–Crippen MR) is 78.4 cm³/mol. The second-order valence-electron chi connectivity index (χ2n) is 4.96. The number of carbonyl (C=O) groups is 1. The number of halogens is 1. The van der Waals surface area contributed by atoms with Crippen molar-refractivity contribution in [2.75, 3.05) is 6.54 Å². The van der Waals surface area contributed by atoms with E-state index in [1.54, 1.807) is 26.0 Å². The second-order valence-corrected chi connectivity index (χ2v) is 5.82. The largest absolute Gasteiger partial charge is 0.409 e. The van der Waals surface area contributed by atoms with Gasteiger partial charge in [-0.1, -0.05) is 41.0 Å². The summed E-state index contributed by atoms with van der Waals surface area (Å²) >= 11 is 3.39. The molecule has 0 heterocycles. The number of rotatable bonds is 4. The molecule has 6 heteroatoms. The van der Waals surface area contributed by atoms with Crippen LogP contribution in [-0.4, -0.2) is 23.5 Å². The molecule has 0 unspecified atom stereocenters. The molecule has 1 rings (SSSR count). The molecule has 4 N–H and O–H groups in total. The first kappa shape index (κ1) is 15.5. The van der Waals surface area contributed by atoms with Crippen LogP contribution in [0, 0.1) is 12.3 Å². The van der Waals surface area contributed by atoms with Crippen LogP contribution in [-0.2, 0) is 0 Å². The van der Waals surface area contributed by atoms with Crippen LogP contribution in [0.25, 0.3) is 0 Å². The van der Waals surface area contributed by atoms with Crippen LogP contribution >= 0.6 is 15.9 Å². The van der Waals surface area contributed by atoms with Crippen molar-refractivity contribution in [3.05, 3.63) is 33.8 Å². The topological polar surface area (TPSA) is 87.7 Å². The number of nitrogens with one attached hydrogen (secondary N) is 1. The first-order valence-electron chi connectivity index (χ1n) is 5.81. The van der Waals surface area contributed by atoms with E-state index in [4.69, 9.17) is 10.9 Å². The summed E-state index contributed by atoms with van der Waals surface area (Å²) in [6.07, 6.45) is 0. The molecule has 1 aromatic carbocycles. The van der Waals surface area contributed by atoms with Crippen LogP contribution in [0.1, 0.15) is 29.8 Å². The number of hydrogen-bond acceptors (Lipinski definition) is 3. The van der Waals surface area contributed by atoms with E-state index in [-0.39, 0.29) is 18.3 Å². The number of amidine groups is 1. The van der Waals surface area contributed by atoms with Gasteiger partial charge in [0, 0.05) is 22.0 Å². The smallest absolute Gasteiger partial charge is 0.251 e. The lowest BCUT2D eigenvalue weighted by atomic mass is 9.92. The Hall–Kier alpha value is -1.56. The van der Waals surface area contributed by atoms with E-state index in [0.717, 1.165) is 10.0 Å². The Kier molecular flexibility index (Phi) is 4.94. The Labute approximate surface area is 121 Å². The van der Waals surface area contributed by atoms with Gasteiger partial charge in [0.15, 0.2) is 0 Å². The monoisotopic (exact) mass is 327 g/mol. The zero-order valence-corrected chi connectivity index (χ0v) is 12.8. The van der Waals surface area contributed by atoms with Gasteiger partial charge in [-0.25, -0.2) is 0 Å². The molecule has 0 bridgehead atoms. The number of carbonyl (C=O) groups excluding carboxylic acids is 1. The minimum absolute atomic E-state index is 0.0822. The van der Waals surface area contributed by atoms with Crippen LogP contribution in [0.5, 0.6) is 0 Å². The average molecular weight is 328 g/mol. The van der Waals surface area contributed by atoms with Crippen molar-refractivity contribution in [1.82, 2.24) is 5.32 Å². The van der Waals surface area contributed by atoms with Crippen molar-refractivity contribution in [3.8, 4) is 0 Å². The molecule has 0 radical (unpaired) electrons. The van der Waals surface area contributed by atoms with Gasteiger partial charge in [-0.3, -0.25) is 4.79 Å². The quantitative estimate of drug-likeness (QED) is 0.343. The van der Waals surface area contributed by atoms with Gasteiger partial charge in [-0.2, -0.15) is 0 Å². The van der Waals surface area contributed by atoms with Gasteiger partial charge in [0.2, 0.25) is 0 Å². The van der Waals surface area contributed by atoms with Gasteiger partial charge in [0.1, 0.15) is 5.84 Å². The molecule has 1 amide bonds. The summed E-state index contributed by atoms with van der Waals surface area (Å²) in [5, 5.41) is 14.4. The van der Waals surface area contributed by atoms with Crippen molar-refractivity contribution in [3.63, 3.8) is 0 Å². The highest BCUT2D eigenvalue weighted by atomic mass is 79.9. The Balaban J connectivity index is 2.79. The van der Waals surface area contributed by atoms with Crippen molar-refractivity contribution in [2.45, 2.75) is 20.8 Å².